The fourth-order valence-corrected chi connectivity index (χ4v) is 2.42. The van der Waals surface area contributed by atoms with Crippen molar-refractivity contribution in [1.29, 1.82) is 0 Å². The number of nitro groups is 1. The minimum Gasteiger partial charge on any atom is -0.429 e. The number of hydrogen-bond acceptors (Lipinski definition) is 6. The smallest absolute Gasteiger partial charge is 0.280 e. The molecule has 0 radical (unpaired) electrons. The van der Waals surface area contributed by atoms with Crippen molar-refractivity contribution in [3.05, 3.63) is 43.4 Å². The number of nitrogens with zero attached hydrogens (tertiary/aromatic N) is 2. The van der Waals surface area contributed by atoms with Gasteiger partial charge in [0.05, 0.1) is 21.4 Å². The van der Waals surface area contributed by atoms with Crippen molar-refractivity contribution >= 4 is 40.2 Å². The first-order chi connectivity index (χ1) is 9.01. The van der Waals surface area contributed by atoms with E-state index in [0.29, 0.717) is 4.88 Å². The summed E-state index contributed by atoms with van der Waals surface area (Å²) in [5, 5.41) is 20.0. The number of ether oxygens (including phenoxy) is 1. The third kappa shape index (κ3) is 3.13. The highest BCUT2D eigenvalue weighted by Gasteiger charge is 2.14. The van der Waals surface area contributed by atoms with Crippen molar-refractivity contribution in [3.8, 4) is 10.9 Å². The molecule has 0 spiro atoms. The Labute approximate surface area is 121 Å². The Kier molecular flexibility index (Phi) is 4.20. The van der Waals surface area contributed by atoms with Crippen molar-refractivity contribution in [1.82, 2.24) is 4.98 Å². The van der Waals surface area contributed by atoms with E-state index in [2.05, 4.69) is 4.98 Å². The van der Waals surface area contributed by atoms with Gasteiger partial charge < -0.3 is 9.84 Å². The van der Waals surface area contributed by atoms with Crippen LogP contribution < -0.4 is 4.74 Å². The van der Waals surface area contributed by atoms with Crippen LogP contribution in [0.3, 0.4) is 0 Å². The molecule has 19 heavy (non-hydrogen) atoms. The van der Waals surface area contributed by atoms with Crippen LogP contribution in [0.25, 0.3) is 0 Å². The number of halogens is 2. The van der Waals surface area contributed by atoms with E-state index in [1.54, 1.807) is 0 Å². The van der Waals surface area contributed by atoms with Crippen LogP contribution in [0, 0.1) is 10.1 Å². The molecule has 0 aliphatic rings. The minimum atomic E-state index is -0.556. The third-order valence-electron chi connectivity index (χ3n) is 2.10. The molecule has 0 amide bonds. The SMILES string of the molecule is O=[N+]([O-])c1ccc(Oc2nc(Cl)c(CO)s2)c(Cl)c1. The van der Waals surface area contributed by atoms with Gasteiger partial charge in [0.2, 0.25) is 0 Å². The second kappa shape index (κ2) is 5.70. The van der Waals surface area contributed by atoms with E-state index in [9.17, 15) is 10.1 Å². The maximum atomic E-state index is 10.6. The lowest BCUT2D eigenvalue weighted by Gasteiger charge is -2.03. The molecular weight excluding hydrogens is 315 g/mol. The van der Waals surface area contributed by atoms with Crippen molar-refractivity contribution in [2.24, 2.45) is 0 Å². The van der Waals surface area contributed by atoms with Crippen LogP contribution in [0.15, 0.2) is 18.2 Å². The number of benzene rings is 1. The molecule has 0 fully saturated rings. The molecule has 6 nitrogen and oxygen atoms in total. The van der Waals surface area contributed by atoms with E-state index in [0.717, 1.165) is 11.3 Å². The maximum Gasteiger partial charge on any atom is 0.280 e. The van der Waals surface area contributed by atoms with E-state index in [1.807, 2.05) is 0 Å². The fourth-order valence-electron chi connectivity index (χ4n) is 1.23. The molecule has 0 atom stereocenters. The number of aromatic nitrogens is 1. The van der Waals surface area contributed by atoms with Gasteiger partial charge in [0, 0.05) is 12.1 Å². The van der Waals surface area contributed by atoms with Crippen LogP contribution in [-0.4, -0.2) is 15.0 Å². The Morgan fingerprint density at radius 1 is 1.47 bits per heavy atom. The minimum absolute atomic E-state index is 0.0890. The molecule has 0 aliphatic carbocycles. The number of thiazole rings is 1. The van der Waals surface area contributed by atoms with Crippen LogP contribution in [0.5, 0.6) is 10.9 Å². The Bertz CT molecular complexity index is 632. The number of rotatable bonds is 4. The van der Waals surface area contributed by atoms with E-state index >= 15 is 0 Å². The fraction of sp³-hybridized carbons (Fsp3) is 0.100. The lowest BCUT2D eigenvalue weighted by molar-refractivity contribution is -0.384. The average molecular weight is 321 g/mol. The van der Waals surface area contributed by atoms with Gasteiger partial charge in [-0.25, -0.2) is 0 Å². The van der Waals surface area contributed by atoms with Crippen molar-refractivity contribution in [3.63, 3.8) is 0 Å². The molecule has 0 bridgehead atoms. The summed E-state index contributed by atoms with van der Waals surface area (Å²) >= 11 is 12.7. The Hall–Kier alpha value is -1.41. The number of aliphatic hydroxyl groups is 1. The molecule has 0 saturated carbocycles. The zero-order valence-corrected chi connectivity index (χ0v) is 11.5. The summed E-state index contributed by atoms with van der Waals surface area (Å²) in [5.74, 6) is 0.224. The summed E-state index contributed by atoms with van der Waals surface area (Å²) in [6, 6.07) is 3.82. The predicted octanol–water partition coefficient (Wildman–Crippen LogP) is 3.64. The van der Waals surface area contributed by atoms with Gasteiger partial charge in [-0.2, -0.15) is 4.98 Å². The lowest BCUT2D eigenvalue weighted by atomic mass is 10.3. The lowest BCUT2D eigenvalue weighted by Crippen LogP contribution is -1.89. The van der Waals surface area contributed by atoms with Crippen LogP contribution >= 0.6 is 34.5 Å². The second-order valence-corrected chi connectivity index (χ2v) is 5.14. The van der Waals surface area contributed by atoms with E-state index in [1.165, 1.54) is 18.2 Å². The summed E-state index contributed by atoms with van der Waals surface area (Å²) < 4.78 is 5.36. The van der Waals surface area contributed by atoms with Crippen molar-refractivity contribution in [2.45, 2.75) is 6.61 Å². The maximum absolute atomic E-state index is 10.6. The van der Waals surface area contributed by atoms with Gasteiger partial charge in [-0.3, -0.25) is 10.1 Å². The molecule has 0 unspecified atom stereocenters. The molecule has 1 heterocycles. The molecule has 1 N–H and O–H groups in total. The molecule has 9 heteroatoms. The molecular formula is C10H6Cl2N2O4S. The topological polar surface area (TPSA) is 85.5 Å². The highest BCUT2D eigenvalue weighted by atomic mass is 35.5. The van der Waals surface area contributed by atoms with E-state index in [4.69, 9.17) is 33.0 Å². The van der Waals surface area contributed by atoms with Gasteiger partial charge in [0.15, 0.2) is 0 Å². The highest BCUT2D eigenvalue weighted by molar-refractivity contribution is 7.13. The average Bonchev–Trinajstić information content (AvgIpc) is 2.72. The first-order valence-electron chi connectivity index (χ1n) is 4.89. The van der Waals surface area contributed by atoms with Crippen LogP contribution in [0.1, 0.15) is 4.88 Å². The van der Waals surface area contributed by atoms with Crippen LogP contribution in [0.4, 0.5) is 5.69 Å². The molecule has 0 saturated heterocycles. The third-order valence-corrected chi connectivity index (χ3v) is 3.74. The molecule has 2 rings (SSSR count). The molecule has 100 valence electrons. The molecule has 0 aliphatic heterocycles. The molecule has 1 aromatic heterocycles. The summed E-state index contributed by atoms with van der Waals surface area (Å²) in [5.41, 5.74) is -0.134. The molecule has 2 aromatic rings. The Morgan fingerprint density at radius 3 is 2.74 bits per heavy atom. The summed E-state index contributed by atoms with van der Waals surface area (Å²) in [7, 11) is 0. The zero-order chi connectivity index (χ0) is 14.0. The number of hydrogen-bond donors (Lipinski definition) is 1. The Balaban J connectivity index is 2.25. The summed E-state index contributed by atoms with van der Waals surface area (Å²) in [4.78, 5) is 14.4. The van der Waals surface area contributed by atoms with E-state index in [-0.39, 0.29) is 33.4 Å². The Morgan fingerprint density at radius 2 is 2.21 bits per heavy atom. The van der Waals surface area contributed by atoms with Gasteiger partial charge in [-0.15, -0.1) is 0 Å². The molecule has 1 aromatic carbocycles. The van der Waals surface area contributed by atoms with Gasteiger partial charge in [0.25, 0.3) is 10.9 Å². The predicted molar refractivity (Wildman–Crippen MR) is 71.2 cm³/mol. The quantitative estimate of drug-likeness (QED) is 0.686. The van der Waals surface area contributed by atoms with Crippen LogP contribution in [0.2, 0.25) is 10.2 Å². The number of non-ortho nitro benzene ring substituents is 1. The standard InChI is InChI=1S/C10H6Cl2N2O4S/c11-6-3-5(14(16)17)1-2-7(6)18-10-13-9(12)8(4-15)19-10/h1-3,15H,4H2. The zero-order valence-electron chi connectivity index (χ0n) is 9.17. The first-order valence-corrected chi connectivity index (χ1v) is 6.46. The van der Waals surface area contributed by atoms with Gasteiger partial charge in [-0.1, -0.05) is 34.5 Å². The van der Waals surface area contributed by atoms with Crippen LogP contribution in [-0.2, 0) is 6.61 Å². The second-order valence-electron chi connectivity index (χ2n) is 3.33. The normalized spacial score (nSPS) is 10.5. The number of aliphatic hydroxyl groups excluding tert-OH is 1. The van der Waals surface area contributed by atoms with E-state index < -0.39 is 4.92 Å². The van der Waals surface area contributed by atoms with Gasteiger partial charge >= 0.3 is 0 Å². The summed E-state index contributed by atoms with van der Waals surface area (Å²) in [6.07, 6.45) is 0. The first kappa shape index (κ1) is 14.0. The van der Waals surface area contributed by atoms with Gasteiger partial charge in [0.1, 0.15) is 10.9 Å². The van der Waals surface area contributed by atoms with Crippen molar-refractivity contribution < 1.29 is 14.8 Å². The number of nitro benzene ring substituents is 1. The summed E-state index contributed by atoms with van der Waals surface area (Å²) in [6.45, 7) is -0.242. The largest absolute Gasteiger partial charge is 0.429 e. The van der Waals surface area contributed by atoms with Gasteiger partial charge in [-0.05, 0) is 6.07 Å². The monoisotopic (exact) mass is 320 g/mol. The highest BCUT2D eigenvalue weighted by Crippen LogP contribution is 2.36. The van der Waals surface area contributed by atoms with Crippen molar-refractivity contribution in [2.75, 3.05) is 0 Å².